The Bertz CT molecular complexity index is 793. The van der Waals surface area contributed by atoms with Crippen molar-refractivity contribution >= 4 is 33.3 Å². The molecule has 0 saturated carbocycles. The van der Waals surface area contributed by atoms with E-state index in [1.165, 1.54) is 6.07 Å². The number of aromatic nitrogens is 1. The SMILES string of the molecule is O=C(O)c1ccc(S(=O)(=O)Nc2cc(Cl)ccc2F)nc1. The lowest BCUT2D eigenvalue weighted by Gasteiger charge is -2.08. The van der Waals surface area contributed by atoms with Crippen molar-refractivity contribution in [3.63, 3.8) is 0 Å². The minimum Gasteiger partial charge on any atom is -0.478 e. The van der Waals surface area contributed by atoms with Crippen LogP contribution in [0.5, 0.6) is 0 Å². The lowest BCUT2D eigenvalue weighted by atomic mass is 10.3. The second kappa shape index (κ2) is 5.66. The second-order valence-corrected chi connectivity index (χ2v) is 5.99. The van der Waals surface area contributed by atoms with E-state index in [0.29, 0.717) is 0 Å². The third-order valence-corrected chi connectivity index (χ3v) is 3.95. The number of nitrogens with one attached hydrogen (secondary N) is 1. The van der Waals surface area contributed by atoms with Crippen LogP contribution in [0.15, 0.2) is 41.6 Å². The van der Waals surface area contributed by atoms with Gasteiger partial charge in [-0.2, -0.15) is 8.42 Å². The van der Waals surface area contributed by atoms with Crippen molar-refractivity contribution in [1.82, 2.24) is 4.98 Å². The van der Waals surface area contributed by atoms with Crippen LogP contribution in [0.1, 0.15) is 10.4 Å². The first-order valence-corrected chi connectivity index (χ1v) is 7.33. The van der Waals surface area contributed by atoms with E-state index >= 15 is 0 Å². The van der Waals surface area contributed by atoms with Crippen LogP contribution in [0, 0.1) is 5.82 Å². The summed E-state index contributed by atoms with van der Waals surface area (Å²) in [5, 5.41) is 8.43. The monoisotopic (exact) mass is 330 g/mol. The fourth-order valence-electron chi connectivity index (χ4n) is 1.44. The van der Waals surface area contributed by atoms with E-state index < -0.39 is 26.8 Å². The van der Waals surface area contributed by atoms with Crippen LogP contribution in [-0.4, -0.2) is 24.5 Å². The minimum atomic E-state index is -4.15. The molecule has 0 aliphatic heterocycles. The Morgan fingerprint density at radius 1 is 1.29 bits per heavy atom. The summed E-state index contributed by atoms with van der Waals surface area (Å²) in [6, 6.07) is 5.49. The molecule has 0 saturated heterocycles. The van der Waals surface area contributed by atoms with E-state index in [1.807, 2.05) is 4.72 Å². The molecule has 0 aliphatic rings. The van der Waals surface area contributed by atoms with Gasteiger partial charge in [0, 0.05) is 11.2 Å². The number of hydrogen-bond acceptors (Lipinski definition) is 4. The van der Waals surface area contributed by atoms with E-state index in [9.17, 15) is 17.6 Å². The van der Waals surface area contributed by atoms with Gasteiger partial charge in [0.25, 0.3) is 10.0 Å². The Kier molecular flexibility index (Phi) is 4.10. The standard InChI is InChI=1S/C12H8ClFN2O4S/c13-8-2-3-9(14)10(5-8)16-21(19,20)11-4-1-7(6-15-11)12(17)18/h1-6,16H,(H,17,18). The molecule has 21 heavy (non-hydrogen) atoms. The molecule has 0 unspecified atom stereocenters. The topological polar surface area (TPSA) is 96.4 Å². The number of carboxylic acid groups (broad SMARTS) is 1. The van der Waals surface area contributed by atoms with Gasteiger partial charge in [-0.25, -0.2) is 14.2 Å². The summed E-state index contributed by atoms with van der Waals surface area (Å²) in [7, 11) is -4.15. The number of aromatic carboxylic acids is 1. The Labute approximate surface area is 124 Å². The number of anilines is 1. The molecule has 0 atom stereocenters. The normalized spacial score (nSPS) is 11.1. The molecule has 6 nitrogen and oxygen atoms in total. The summed E-state index contributed by atoms with van der Waals surface area (Å²) in [5.41, 5.74) is -0.491. The summed E-state index contributed by atoms with van der Waals surface area (Å²) in [5.74, 6) is -2.04. The van der Waals surface area contributed by atoms with Gasteiger partial charge in [-0.05, 0) is 30.3 Å². The molecule has 2 aromatic rings. The Hall–Kier alpha value is -2.19. The summed E-state index contributed by atoms with van der Waals surface area (Å²) >= 11 is 5.66. The Morgan fingerprint density at radius 2 is 2.00 bits per heavy atom. The van der Waals surface area contributed by atoms with Crippen LogP contribution < -0.4 is 4.72 Å². The fraction of sp³-hybridized carbons (Fsp3) is 0. The van der Waals surface area contributed by atoms with Gasteiger partial charge >= 0.3 is 5.97 Å². The van der Waals surface area contributed by atoms with Crippen molar-refractivity contribution in [2.45, 2.75) is 5.03 Å². The smallest absolute Gasteiger partial charge is 0.337 e. The summed E-state index contributed by atoms with van der Waals surface area (Å²) in [4.78, 5) is 14.2. The summed E-state index contributed by atoms with van der Waals surface area (Å²) < 4.78 is 39.5. The van der Waals surface area contributed by atoms with Crippen molar-refractivity contribution in [1.29, 1.82) is 0 Å². The number of carboxylic acids is 1. The van der Waals surface area contributed by atoms with Crippen molar-refractivity contribution in [3.8, 4) is 0 Å². The lowest BCUT2D eigenvalue weighted by Crippen LogP contribution is -2.15. The van der Waals surface area contributed by atoms with Crippen molar-refractivity contribution in [2.75, 3.05) is 4.72 Å². The third kappa shape index (κ3) is 3.47. The van der Waals surface area contributed by atoms with Crippen molar-refractivity contribution < 1.29 is 22.7 Å². The summed E-state index contributed by atoms with van der Waals surface area (Å²) in [6.07, 6.45) is 0.894. The number of benzene rings is 1. The minimum absolute atomic E-state index is 0.156. The predicted octanol–water partition coefficient (Wildman–Crippen LogP) is 2.37. The van der Waals surface area contributed by atoms with Crippen LogP contribution in [-0.2, 0) is 10.0 Å². The number of carbonyl (C=O) groups is 1. The molecule has 0 fully saturated rings. The first-order chi connectivity index (χ1) is 9.79. The molecule has 0 bridgehead atoms. The van der Waals surface area contributed by atoms with Crippen LogP contribution in [0.4, 0.5) is 10.1 Å². The number of halogens is 2. The quantitative estimate of drug-likeness (QED) is 0.897. The fourth-order valence-corrected chi connectivity index (χ4v) is 2.60. The van der Waals surface area contributed by atoms with Crippen LogP contribution >= 0.6 is 11.6 Å². The van der Waals surface area contributed by atoms with Crippen LogP contribution in [0.3, 0.4) is 0 Å². The number of nitrogens with zero attached hydrogens (tertiary/aromatic N) is 1. The lowest BCUT2D eigenvalue weighted by molar-refractivity contribution is 0.0696. The maximum atomic E-state index is 13.5. The molecule has 1 aromatic carbocycles. The van der Waals surface area contributed by atoms with Crippen LogP contribution in [0.25, 0.3) is 0 Å². The molecule has 0 aliphatic carbocycles. The van der Waals surface area contributed by atoms with Crippen LogP contribution in [0.2, 0.25) is 5.02 Å². The zero-order valence-corrected chi connectivity index (χ0v) is 11.8. The van der Waals surface area contributed by atoms with Gasteiger partial charge in [-0.15, -0.1) is 0 Å². The largest absolute Gasteiger partial charge is 0.478 e. The van der Waals surface area contributed by atoms with Gasteiger partial charge in [0.1, 0.15) is 5.82 Å². The van der Waals surface area contributed by atoms with Gasteiger partial charge in [-0.3, -0.25) is 4.72 Å². The van der Waals surface area contributed by atoms with Gasteiger partial charge in [0.05, 0.1) is 11.3 Å². The molecule has 110 valence electrons. The molecule has 0 radical (unpaired) electrons. The Balaban J connectivity index is 2.34. The zero-order valence-electron chi connectivity index (χ0n) is 10.2. The van der Waals surface area contributed by atoms with Gasteiger partial charge in [-0.1, -0.05) is 11.6 Å². The Morgan fingerprint density at radius 3 is 2.57 bits per heavy atom. The highest BCUT2D eigenvalue weighted by Crippen LogP contribution is 2.22. The van der Waals surface area contributed by atoms with E-state index in [0.717, 1.165) is 30.5 Å². The predicted molar refractivity (Wildman–Crippen MR) is 73.4 cm³/mol. The number of rotatable bonds is 4. The molecule has 2 N–H and O–H groups in total. The van der Waals surface area contributed by atoms with E-state index in [-0.39, 0.29) is 16.3 Å². The van der Waals surface area contributed by atoms with Crippen molar-refractivity contribution in [2.24, 2.45) is 0 Å². The molecule has 9 heteroatoms. The first kappa shape index (κ1) is 15.2. The average Bonchev–Trinajstić information content (AvgIpc) is 2.43. The maximum Gasteiger partial charge on any atom is 0.337 e. The van der Waals surface area contributed by atoms with E-state index in [4.69, 9.17) is 16.7 Å². The number of sulfonamides is 1. The molecule has 0 spiro atoms. The first-order valence-electron chi connectivity index (χ1n) is 5.47. The maximum absolute atomic E-state index is 13.5. The molecule has 2 rings (SSSR count). The molecular weight excluding hydrogens is 323 g/mol. The highest BCUT2D eigenvalue weighted by molar-refractivity contribution is 7.92. The second-order valence-electron chi connectivity index (χ2n) is 3.92. The van der Waals surface area contributed by atoms with E-state index in [1.54, 1.807) is 0 Å². The third-order valence-electron chi connectivity index (χ3n) is 2.43. The van der Waals surface area contributed by atoms with E-state index in [2.05, 4.69) is 4.98 Å². The average molecular weight is 331 g/mol. The number of hydrogen-bond donors (Lipinski definition) is 2. The summed E-state index contributed by atoms with van der Waals surface area (Å²) in [6.45, 7) is 0. The van der Waals surface area contributed by atoms with Gasteiger partial charge in [0.2, 0.25) is 0 Å². The van der Waals surface area contributed by atoms with Crippen molar-refractivity contribution in [3.05, 3.63) is 52.9 Å². The number of pyridine rings is 1. The molecule has 1 heterocycles. The highest BCUT2D eigenvalue weighted by Gasteiger charge is 2.18. The molecule has 1 aromatic heterocycles. The zero-order chi connectivity index (χ0) is 15.6. The van der Waals surface area contributed by atoms with Gasteiger partial charge < -0.3 is 5.11 Å². The van der Waals surface area contributed by atoms with Gasteiger partial charge in [0.15, 0.2) is 5.03 Å². The molecular formula is C12H8ClFN2O4S. The highest BCUT2D eigenvalue weighted by atomic mass is 35.5. The molecule has 0 amide bonds.